The first kappa shape index (κ1) is 13.6. The van der Waals surface area contributed by atoms with Crippen LogP contribution in [0.25, 0.3) is 10.2 Å². The first-order valence-corrected chi connectivity index (χ1v) is 6.14. The number of thiazole rings is 1. The normalized spacial score (nSPS) is 11.6. The van der Waals surface area contributed by atoms with Crippen LogP contribution in [0, 0.1) is 6.92 Å². The van der Waals surface area contributed by atoms with Crippen LogP contribution in [0.15, 0.2) is 18.2 Å². The summed E-state index contributed by atoms with van der Waals surface area (Å²) < 4.78 is 36.6. The number of rotatable bonds is 2. The molecule has 1 heterocycles. The molecule has 0 bridgehead atoms. The summed E-state index contributed by atoms with van der Waals surface area (Å²) in [6, 6.07) is 4.63. The zero-order valence-corrected chi connectivity index (χ0v) is 10.7. The van der Waals surface area contributed by atoms with Crippen molar-refractivity contribution in [1.29, 1.82) is 0 Å². The molecule has 0 spiro atoms. The smallest absolute Gasteiger partial charge is 0.329 e. The third kappa shape index (κ3) is 3.82. The Morgan fingerprint density at radius 3 is 2.84 bits per heavy atom. The highest BCUT2D eigenvalue weighted by Crippen LogP contribution is 2.26. The SMILES string of the molecule is Cc1ccc2nc(NC(=O)NCC(F)(F)F)sc2c1. The number of aryl methyl sites for hydroxylation is 1. The maximum Gasteiger partial charge on any atom is 0.405 e. The van der Waals surface area contributed by atoms with Gasteiger partial charge < -0.3 is 5.32 Å². The fourth-order valence-electron chi connectivity index (χ4n) is 1.41. The van der Waals surface area contributed by atoms with E-state index in [9.17, 15) is 18.0 Å². The molecule has 19 heavy (non-hydrogen) atoms. The molecule has 8 heteroatoms. The van der Waals surface area contributed by atoms with Crippen molar-refractivity contribution < 1.29 is 18.0 Å². The second-order valence-corrected chi connectivity index (χ2v) is 4.94. The molecule has 2 N–H and O–H groups in total. The van der Waals surface area contributed by atoms with Crippen LogP contribution < -0.4 is 10.6 Å². The van der Waals surface area contributed by atoms with E-state index in [1.54, 1.807) is 11.4 Å². The molecule has 0 atom stereocenters. The van der Waals surface area contributed by atoms with Gasteiger partial charge in [-0.3, -0.25) is 5.32 Å². The lowest BCUT2D eigenvalue weighted by molar-refractivity contribution is -0.122. The van der Waals surface area contributed by atoms with Gasteiger partial charge in [-0.1, -0.05) is 17.4 Å². The van der Waals surface area contributed by atoms with Gasteiger partial charge in [-0.15, -0.1) is 0 Å². The molecule has 0 saturated heterocycles. The Bertz CT molecular complexity index is 609. The summed E-state index contributed by atoms with van der Waals surface area (Å²) in [5, 5.41) is 4.26. The highest BCUT2D eigenvalue weighted by Gasteiger charge is 2.27. The standard InChI is InChI=1S/C11H10F3N3OS/c1-6-2-3-7-8(4-6)19-10(16-7)17-9(18)15-5-11(12,13)14/h2-4H,5H2,1H3,(H2,15,16,17,18). The van der Waals surface area contributed by atoms with Gasteiger partial charge in [0.2, 0.25) is 0 Å². The van der Waals surface area contributed by atoms with Crippen LogP contribution in [-0.2, 0) is 0 Å². The molecule has 2 rings (SSSR count). The third-order valence-corrected chi connectivity index (χ3v) is 3.15. The van der Waals surface area contributed by atoms with E-state index in [-0.39, 0.29) is 5.13 Å². The quantitative estimate of drug-likeness (QED) is 0.891. The summed E-state index contributed by atoms with van der Waals surface area (Å²) in [5.41, 5.74) is 1.74. The van der Waals surface area contributed by atoms with Gasteiger partial charge in [0.15, 0.2) is 5.13 Å². The van der Waals surface area contributed by atoms with Crippen molar-refractivity contribution in [3.63, 3.8) is 0 Å². The molecule has 0 aliphatic carbocycles. The Labute approximate surface area is 110 Å². The molecule has 0 aliphatic heterocycles. The minimum absolute atomic E-state index is 0.264. The summed E-state index contributed by atoms with van der Waals surface area (Å²) in [6.45, 7) is 0.547. The topological polar surface area (TPSA) is 54.0 Å². The van der Waals surface area contributed by atoms with Gasteiger partial charge in [-0.05, 0) is 24.6 Å². The van der Waals surface area contributed by atoms with E-state index in [4.69, 9.17) is 0 Å². The molecule has 0 unspecified atom stereocenters. The van der Waals surface area contributed by atoms with Crippen molar-refractivity contribution >= 4 is 32.7 Å². The van der Waals surface area contributed by atoms with Crippen LogP contribution in [0.2, 0.25) is 0 Å². The predicted octanol–water partition coefficient (Wildman–Crippen LogP) is 3.29. The van der Waals surface area contributed by atoms with E-state index in [0.717, 1.165) is 10.3 Å². The van der Waals surface area contributed by atoms with Crippen molar-refractivity contribution in [3.05, 3.63) is 23.8 Å². The van der Waals surface area contributed by atoms with Crippen molar-refractivity contribution in [1.82, 2.24) is 10.3 Å². The van der Waals surface area contributed by atoms with Crippen LogP contribution in [0.5, 0.6) is 0 Å². The van der Waals surface area contributed by atoms with Gasteiger partial charge in [-0.25, -0.2) is 9.78 Å². The molecule has 1 aromatic carbocycles. The van der Waals surface area contributed by atoms with Gasteiger partial charge >= 0.3 is 12.2 Å². The number of urea groups is 1. The molecule has 1 aromatic heterocycles. The Morgan fingerprint density at radius 1 is 1.42 bits per heavy atom. The summed E-state index contributed by atoms with van der Waals surface area (Å²) >= 11 is 1.21. The van der Waals surface area contributed by atoms with Gasteiger partial charge in [0, 0.05) is 0 Å². The van der Waals surface area contributed by atoms with E-state index in [1.165, 1.54) is 11.3 Å². The molecule has 0 fully saturated rings. The Kier molecular flexibility index (Phi) is 3.61. The monoisotopic (exact) mass is 289 g/mol. The third-order valence-electron chi connectivity index (χ3n) is 2.21. The number of halogens is 3. The van der Waals surface area contributed by atoms with E-state index in [1.807, 2.05) is 19.1 Å². The molecule has 0 aliphatic rings. The lowest BCUT2D eigenvalue weighted by Gasteiger charge is -2.07. The Hall–Kier alpha value is -1.83. The molecule has 0 saturated carbocycles. The molecular formula is C11H10F3N3OS. The van der Waals surface area contributed by atoms with Gasteiger partial charge in [0.05, 0.1) is 10.2 Å². The Morgan fingerprint density at radius 2 is 2.16 bits per heavy atom. The zero-order valence-electron chi connectivity index (χ0n) is 9.84. The van der Waals surface area contributed by atoms with Gasteiger partial charge in [0.25, 0.3) is 0 Å². The van der Waals surface area contributed by atoms with E-state index in [0.29, 0.717) is 5.52 Å². The molecule has 2 amide bonds. The van der Waals surface area contributed by atoms with Gasteiger partial charge in [0.1, 0.15) is 6.54 Å². The number of fused-ring (bicyclic) bond motifs is 1. The maximum atomic E-state index is 11.9. The average molecular weight is 289 g/mol. The molecule has 4 nitrogen and oxygen atoms in total. The largest absolute Gasteiger partial charge is 0.405 e. The number of carbonyl (C=O) groups is 1. The number of carbonyl (C=O) groups excluding carboxylic acids is 1. The second-order valence-electron chi connectivity index (χ2n) is 3.91. The fourth-order valence-corrected chi connectivity index (χ4v) is 2.37. The lowest BCUT2D eigenvalue weighted by Crippen LogP contribution is -2.36. The van der Waals surface area contributed by atoms with Crippen LogP contribution in [0.1, 0.15) is 5.56 Å². The molecule has 0 radical (unpaired) electrons. The van der Waals surface area contributed by atoms with Crippen LogP contribution in [-0.4, -0.2) is 23.7 Å². The van der Waals surface area contributed by atoms with Crippen molar-refractivity contribution in [3.8, 4) is 0 Å². The average Bonchev–Trinajstić information content (AvgIpc) is 2.66. The predicted molar refractivity (Wildman–Crippen MR) is 67.4 cm³/mol. The van der Waals surface area contributed by atoms with E-state index in [2.05, 4.69) is 10.3 Å². The first-order chi connectivity index (χ1) is 8.83. The number of aromatic nitrogens is 1. The molecular weight excluding hydrogens is 279 g/mol. The summed E-state index contributed by atoms with van der Waals surface area (Å²) in [6.07, 6.45) is -4.43. The maximum absolute atomic E-state index is 11.9. The number of anilines is 1. The van der Waals surface area contributed by atoms with Gasteiger partial charge in [-0.2, -0.15) is 13.2 Å². The number of hydrogen-bond donors (Lipinski definition) is 2. The van der Waals surface area contributed by atoms with Crippen LogP contribution in [0.4, 0.5) is 23.1 Å². The number of nitrogens with one attached hydrogen (secondary N) is 2. The first-order valence-electron chi connectivity index (χ1n) is 5.32. The number of hydrogen-bond acceptors (Lipinski definition) is 3. The van der Waals surface area contributed by atoms with Crippen molar-refractivity contribution in [2.75, 3.05) is 11.9 Å². The lowest BCUT2D eigenvalue weighted by atomic mass is 10.2. The highest BCUT2D eigenvalue weighted by molar-refractivity contribution is 7.22. The van der Waals surface area contributed by atoms with E-state index < -0.39 is 18.8 Å². The van der Waals surface area contributed by atoms with E-state index >= 15 is 0 Å². The summed E-state index contributed by atoms with van der Waals surface area (Å²) in [7, 11) is 0. The second kappa shape index (κ2) is 5.04. The molecule has 102 valence electrons. The number of amides is 2. The van der Waals surface area contributed by atoms with Crippen molar-refractivity contribution in [2.24, 2.45) is 0 Å². The summed E-state index contributed by atoms with van der Waals surface area (Å²) in [4.78, 5) is 15.4. The fraction of sp³-hybridized carbons (Fsp3) is 0.273. The Balaban J connectivity index is 2.03. The minimum Gasteiger partial charge on any atom is -0.329 e. The van der Waals surface area contributed by atoms with Crippen LogP contribution >= 0.6 is 11.3 Å². The summed E-state index contributed by atoms with van der Waals surface area (Å²) in [5.74, 6) is 0. The zero-order chi connectivity index (χ0) is 14.0. The minimum atomic E-state index is -4.43. The number of nitrogens with zero attached hydrogens (tertiary/aromatic N) is 1. The highest BCUT2D eigenvalue weighted by atomic mass is 32.1. The molecule has 2 aromatic rings. The number of alkyl halides is 3. The van der Waals surface area contributed by atoms with Crippen LogP contribution in [0.3, 0.4) is 0 Å². The van der Waals surface area contributed by atoms with Crippen molar-refractivity contribution in [2.45, 2.75) is 13.1 Å². The number of benzene rings is 1.